The van der Waals surface area contributed by atoms with Gasteiger partial charge in [-0.3, -0.25) is 0 Å². The first-order valence-electron chi connectivity index (χ1n) is 8.92. The van der Waals surface area contributed by atoms with Gasteiger partial charge < -0.3 is 20.1 Å². The zero-order chi connectivity index (χ0) is 18.6. The fourth-order valence-corrected chi connectivity index (χ4v) is 3.35. The summed E-state index contributed by atoms with van der Waals surface area (Å²) in [5.41, 5.74) is 0.783. The molecule has 27 heavy (non-hydrogen) atoms. The van der Waals surface area contributed by atoms with E-state index in [1.807, 2.05) is 13.0 Å². The Balaban J connectivity index is 0.00000261. The molecule has 3 unspecified atom stereocenters. The van der Waals surface area contributed by atoms with Gasteiger partial charge in [0.15, 0.2) is 12.6 Å². The molecule has 0 saturated carbocycles. The van der Waals surface area contributed by atoms with Crippen molar-refractivity contribution in [3.63, 3.8) is 0 Å². The Morgan fingerprint density at radius 1 is 1.33 bits per heavy atom. The SMILES string of the molecule is CCNC(=NCc1cccc(OCC(F)(F)F)c1)NC1CC2CCC1O2.I. The van der Waals surface area contributed by atoms with Crippen LogP contribution in [0.25, 0.3) is 0 Å². The fraction of sp³-hybridized carbons (Fsp3) is 0.611. The minimum atomic E-state index is -4.35. The second-order valence-electron chi connectivity index (χ2n) is 6.61. The maximum Gasteiger partial charge on any atom is 0.422 e. The summed E-state index contributed by atoms with van der Waals surface area (Å²) in [7, 11) is 0. The van der Waals surface area contributed by atoms with Crippen LogP contribution in [0.3, 0.4) is 0 Å². The van der Waals surface area contributed by atoms with Crippen molar-refractivity contribution in [3.8, 4) is 5.75 Å². The van der Waals surface area contributed by atoms with E-state index in [1.54, 1.807) is 12.1 Å². The van der Waals surface area contributed by atoms with E-state index in [4.69, 9.17) is 9.47 Å². The first-order valence-corrected chi connectivity index (χ1v) is 8.92. The van der Waals surface area contributed by atoms with Crippen molar-refractivity contribution < 1.29 is 22.6 Å². The molecule has 3 rings (SSSR count). The molecule has 2 aliphatic heterocycles. The van der Waals surface area contributed by atoms with Gasteiger partial charge in [0.05, 0.1) is 24.8 Å². The molecule has 1 aromatic rings. The molecule has 0 spiro atoms. The van der Waals surface area contributed by atoms with Crippen LogP contribution in [0.1, 0.15) is 31.7 Å². The number of fused-ring (bicyclic) bond motifs is 2. The van der Waals surface area contributed by atoms with Crippen LogP contribution in [0.2, 0.25) is 0 Å². The summed E-state index contributed by atoms with van der Waals surface area (Å²) in [5, 5.41) is 6.61. The Kier molecular flexibility index (Phi) is 8.02. The molecule has 2 aliphatic rings. The van der Waals surface area contributed by atoms with Gasteiger partial charge in [-0.15, -0.1) is 24.0 Å². The molecule has 1 aromatic carbocycles. The van der Waals surface area contributed by atoms with Crippen molar-refractivity contribution in [1.29, 1.82) is 0 Å². The third-order valence-electron chi connectivity index (χ3n) is 4.49. The summed E-state index contributed by atoms with van der Waals surface area (Å²) < 4.78 is 47.4. The molecular formula is C18H25F3IN3O2. The summed E-state index contributed by atoms with van der Waals surface area (Å²) in [4.78, 5) is 4.54. The van der Waals surface area contributed by atoms with Crippen LogP contribution in [-0.2, 0) is 11.3 Å². The lowest BCUT2D eigenvalue weighted by molar-refractivity contribution is -0.153. The average Bonchev–Trinajstić information content (AvgIpc) is 3.21. The molecule has 9 heteroatoms. The second kappa shape index (κ2) is 9.81. The lowest BCUT2D eigenvalue weighted by Crippen LogP contribution is -2.47. The van der Waals surface area contributed by atoms with Crippen LogP contribution in [0.5, 0.6) is 5.75 Å². The van der Waals surface area contributed by atoms with Gasteiger partial charge in [0.2, 0.25) is 0 Å². The van der Waals surface area contributed by atoms with E-state index in [0.29, 0.717) is 18.6 Å². The standard InChI is InChI=1S/C18H24F3N3O2.HI/c1-2-22-17(24-15-9-14-6-7-16(15)26-14)23-10-12-4-3-5-13(8-12)25-11-18(19,20)21;/h3-5,8,14-16H,2,6-7,9-11H2,1H3,(H2,22,23,24);1H. The van der Waals surface area contributed by atoms with E-state index in [-0.39, 0.29) is 41.9 Å². The smallest absolute Gasteiger partial charge is 0.422 e. The van der Waals surface area contributed by atoms with Gasteiger partial charge in [-0.2, -0.15) is 13.2 Å². The van der Waals surface area contributed by atoms with Gasteiger partial charge in [-0.1, -0.05) is 12.1 Å². The largest absolute Gasteiger partial charge is 0.484 e. The molecule has 2 saturated heterocycles. The normalized spacial score (nSPS) is 24.4. The van der Waals surface area contributed by atoms with E-state index in [9.17, 15) is 13.2 Å². The number of halogens is 4. The Morgan fingerprint density at radius 3 is 2.78 bits per heavy atom. The van der Waals surface area contributed by atoms with Gasteiger partial charge >= 0.3 is 6.18 Å². The predicted octanol–water partition coefficient (Wildman–Crippen LogP) is 3.62. The molecule has 0 amide bonds. The maximum absolute atomic E-state index is 12.3. The van der Waals surface area contributed by atoms with Crippen LogP contribution in [0.4, 0.5) is 13.2 Å². The molecule has 3 atom stereocenters. The molecule has 152 valence electrons. The third kappa shape index (κ3) is 6.70. The molecular weight excluding hydrogens is 474 g/mol. The maximum atomic E-state index is 12.3. The van der Waals surface area contributed by atoms with Gasteiger partial charge in [0.1, 0.15) is 5.75 Å². The van der Waals surface area contributed by atoms with Crippen LogP contribution < -0.4 is 15.4 Å². The highest BCUT2D eigenvalue weighted by molar-refractivity contribution is 14.0. The van der Waals surface area contributed by atoms with Crippen molar-refractivity contribution in [2.24, 2.45) is 4.99 Å². The van der Waals surface area contributed by atoms with Gasteiger partial charge in [-0.25, -0.2) is 4.99 Å². The van der Waals surface area contributed by atoms with Crippen LogP contribution in [0.15, 0.2) is 29.3 Å². The number of aliphatic imine (C=N–C) groups is 1. The first kappa shape index (κ1) is 22.1. The highest BCUT2D eigenvalue weighted by Crippen LogP contribution is 2.34. The Hall–Kier alpha value is -1.23. The number of rotatable bonds is 6. The highest BCUT2D eigenvalue weighted by Gasteiger charge is 2.41. The van der Waals surface area contributed by atoms with E-state index in [0.717, 1.165) is 31.4 Å². The highest BCUT2D eigenvalue weighted by atomic mass is 127. The third-order valence-corrected chi connectivity index (χ3v) is 4.49. The molecule has 2 N–H and O–H groups in total. The van der Waals surface area contributed by atoms with Crippen molar-refractivity contribution >= 4 is 29.9 Å². The van der Waals surface area contributed by atoms with Crippen molar-refractivity contribution in [3.05, 3.63) is 29.8 Å². The number of guanidine groups is 1. The zero-order valence-electron chi connectivity index (χ0n) is 15.1. The van der Waals surface area contributed by atoms with Gasteiger partial charge in [-0.05, 0) is 43.9 Å². The van der Waals surface area contributed by atoms with E-state index < -0.39 is 12.8 Å². The minimum absolute atomic E-state index is 0. The lowest BCUT2D eigenvalue weighted by atomic mass is 9.96. The van der Waals surface area contributed by atoms with Crippen molar-refractivity contribution in [2.45, 2.75) is 57.2 Å². The quantitative estimate of drug-likeness (QED) is 0.357. The summed E-state index contributed by atoms with van der Waals surface area (Å²) in [5.74, 6) is 0.879. The fourth-order valence-electron chi connectivity index (χ4n) is 3.35. The molecule has 0 aliphatic carbocycles. The number of nitrogens with one attached hydrogen (secondary N) is 2. The zero-order valence-corrected chi connectivity index (χ0v) is 17.4. The van der Waals surface area contributed by atoms with Crippen LogP contribution >= 0.6 is 24.0 Å². The Labute approximate surface area is 174 Å². The number of ether oxygens (including phenoxy) is 2. The predicted molar refractivity (Wildman–Crippen MR) is 108 cm³/mol. The summed E-state index contributed by atoms with van der Waals surface area (Å²) in [6.45, 7) is 1.76. The van der Waals surface area contributed by atoms with Crippen molar-refractivity contribution in [1.82, 2.24) is 10.6 Å². The average molecular weight is 499 g/mol. The number of alkyl halides is 3. The summed E-state index contributed by atoms with van der Waals surface area (Å²) >= 11 is 0. The molecule has 0 aromatic heterocycles. The molecule has 0 radical (unpaired) electrons. The Bertz CT molecular complexity index is 643. The molecule has 2 heterocycles. The topological polar surface area (TPSA) is 54.9 Å². The Morgan fingerprint density at radius 2 is 2.15 bits per heavy atom. The van der Waals surface area contributed by atoms with Gasteiger partial charge in [0.25, 0.3) is 0 Å². The lowest BCUT2D eigenvalue weighted by Gasteiger charge is -2.22. The van der Waals surface area contributed by atoms with E-state index in [1.165, 1.54) is 6.07 Å². The summed E-state index contributed by atoms with van der Waals surface area (Å²) in [6, 6.07) is 6.83. The number of nitrogens with zero attached hydrogens (tertiary/aromatic N) is 1. The minimum Gasteiger partial charge on any atom is -0.484 e. The molecule has 2 bridgehead atoms. The second-order valence-corrected chi connectivity index (χ2v) is 6.61. The molecule has 5 nitrogen and oxygen atoms in total. The summed E-state index contributed by atoms with van der Waals surface area (Å²) in [6.07, 6.45) is -0.581. The number of hydrogen-bond acceptors (Lipinski definition) is 3. The van der Waals surface area contributed by atoms with E-state index >= 15 is 0 Å². The number of benzene rings is 1. The van der Waals surface area contributed by atoms with Crippen molar-refractivity contribution in [2.75, 3.05) is 13.2 Å². The van der Waals surface area contributed by atoms with Gasteiger partial charge in [0, 0.05) is 6.54 Å². The molecule has 2 fully saturated rings. The van der Waals surface area contributed by atoms with E-state index in [2.05, 4.69) is 15.6 Å². The van der Waals surface area contributed by atoms with Crippen LogP contribution in [-0.4, -0.2) is 43.5 Å². The number of hydrogen-bond donors (Lipinski definition) is 2. The first-order chi connectivity index (χ1) is 12.4. The van der Waals surface area contributed by atoms with Crippen LogP contribution in [0, 0.1) is 0 Å². The monoisotopic (exact) mass is 499 g/mol.